The van der Waals surface area contributed by atoms with E-state index < -0.39 is 0 Å². The van der Waals surface area contributed by atoms with Crippen molar-refractivity contribution in [1.82, 2.24) is 15.2 Å². The van der Waals surface area contributed by atoms with E-state index in [9.17, 15) is 9.59 Å². The van der Waals surface area contributed by atoms with Gasteiger partial charge in [0.25, 0.3) is 5.91 Å². The van der Waals surface area contributed by atoms with E-state index >= 15 is 0 Å². The maximum atomic E-state index is 12.0. The average molecular weight is 316 g/mol. The van der Waals surface area contributed by atoms with Gasteiger partial charge in [-0.25, -0.2) is 0 Å². The lowest BCUT2D eigenvalue weighted by Crippen LogP contribution is -2.30. The van der Waals surface area contributed by atoms with Crippen molar-refractivity contribution in [3.63, 3.8) is 0 Å². The molecule has 2 amide bonds. The Morgan fingerprint density at radius 1 is 1.44 bits per heavy atom. The molecule has 1 aromatic heterocycles. The first-order valence-corrected chi connectivity index (χ1v) is 6.61. The van der Waals surface area contributed by atoms with Gasteiger partial charge in [0, 0.05) is 36.7 Å². The van der Waals surface area contributed by atoms with Crippen molar-refractivity contribution in [2.75, 3.05) is 13.6 Å². The van der Waals surface area contributed by atoms with Crippen LogP contribution in [0.1, 0.15) is 36.8 Å². The molecule has 0 aliphatic rings. The molecule has 0 fully saturated rings. The molecule has 6 heteroatoms. The van der Waals surface area contributed by atoms with Crippen LogP contribution in [0.25, 0.3) is 0 Å². The fourth-order valence-electron chi connectivity index (χ4n) is 1.56. The minimum Gasteiger partial charge on any atom is -0.359 e. The van der Waals surface area contributed by atoms with Crippen molar-refractivity contribution >= 4 is 27.7 Å². The second-order valence-electron chi connectivity index (χ2n) is 4.22. The number of nitrogens with zero attached hydrogens (tertiary/aromatic N) is 1. The van der Waals surface area contributed by atoms with Crippen molar-refractivity contribution in [3.05, 3.63) is 22.4 Å². The first-order chi connectivity index (χ1) is 8.45. The predicted molar refractivity (Wildman–Crippen MR) is 73.5 cm³/mol. The molecule has 0 bridgehead atoms. The first kappa shape index (κ1) is 14.8. The molecule has 100 valence electrons. The molecule has 0 aliphatic carbocycles. The van der Waals surface area contributed by atoms with Gasteiger partial charge in [-0.05, 0) is 35.8 Å². The Labute approximate surface area is 115 Å². The van der Waals surface area contributed by atoms with Crippen molar-refractivity contribution in [3.8, 4) is 0 Å². The van der Waals surface area contributed by atoms with Crippen molar-refractivity contribution in [1.29, 1.82) is 0 Å². The molecule has 0 aromatic carbocycles. The summed E-state index contributed by atoms with van der Waals surface area (Å²) in [5, 5.41) is 5.24. The van der Waals surface area contributed by atoms with E-state index in [2.05, 4.69) is 26.6 Å². The lowest BCUT2D eigenvalue weighted by molar-refractivity contribution is -0.120. The second-order valence-corrected chi connectivity index (χ2v) is 5.14. The highest BCUT2D eigenvalue weighted by molar-refractivity contribution is 9.10. The molecule has 0 aliphatic heterocycles. The van der Waals surface area contributed by atoms with Crippen LogP contribution in [0.2, 0.25) is 0 Å². The zero-order valence-electron chi connectivity index (χ0n) is 10.8. The van der Waals surface area contributed by atoms with E-state index in [0.29, 0.717) is 12.2 Å². The number of rotatable bonds is 5. The summed E-state index contributed by atoms with van der Waals surface area (Å²) in [7, 11) is 1.57. The molecule has 0 spiro atoms. The fraction of sp³-hybridized carbons (Fsp3) is 0.500. The highest BCUT2D eigenvalue weighted by atomic mass is 79.9. The molecule has 0 radical (unpaired) electrons. The van der Waals surface area contributed by atoms with Gasteiger partial charge in [0.1, 0.15) is 5.69 Å². The number of halogens is 1. The van der Waals surface area contributed by atoms with Gasteiger partial charge in [-0.3, -0.25) is 9.59 Å². The molecule has 1 aromatic rings. The zero-order chi connectivity index (χ0) is 13.7. The normalized spacial score (nSPS) is 10.5. The van der Waals surface area contributed by atoms with Crippen LogP contribution >= 0.6 is 15.9 Å². The summed E-state index contributed by atoms with van der Waals surface area (Å²) in [5.41, 5.74) is 0.591. The number of carbonyl (C=O) groups is 2. The Balaban J connectivity index is 2.64. The third-order valence-electron chi connectivity index (χ3n) is 2.52. The molecule has 18 heavy (non-hydrogen) atoms. The smallest absolute Gasteiger partial charge is 0.267 e. The van der Waals surface area contributed by atoms with Gasteiger partial charge in [0.05, 0.1) is 0 Å². The van der Waals surface area contributed by atoms with Crippen LogP contribution < -0.4 is 10.6 Å². The van der Waals surface area contributed by atoms with Crippen molar-refractivity contribution in [2.24, 2.45) is 0 Å². The maximum Gasteiger partial charge on any atom is 0.267 e. The highest BCUT2D eigenvalue weighted by Crippen LogP contribution is 2.19. The highest BCUT2D eigenvalue weighted by Gasteiger charge is 2.14. The van der Waals surface area contributed by atoms with Gasteiger partial charge in [-0.1, -0.05) is 0 Å². The fourth-order valence-corrected chi connectivity index (χ4v) is 2.00. The number of aromatic nitrogens is 1. The minimum absolute atomic E-state index is 0.0873. The largest absolute Gasteiger partial charge is 0.359 e. The Hall–Kier alpha value is -1.30. The molecular weight excluding hydrogens is 298 g/mol. The van der Waals surface area contributed by atoms with Gasteiger partial charge in [0.2, 0.25) is 5.91 Å². The van der Waals surface area contributed by atoms with Crippen LogP contribution in [0.5, 0.6) is 0 Å². The Kier molecular flexibility index (Phi) is 5.40. The Morgan fingerprint density at radius 2 is 2.11 bits per heavy atom. The summed E-state index contributed by atoms with van der Waals surface area (Å²) in [6.45, 7) is 4.35. The van der Waals surface area contributed by atoms with E-state index in [1.54, 1.807) is 13.1 Å². The first-order valence-electron chi connectivity index (χ1n) is 5.82. The van der Waals surface area contributed by atoms with Gasteiger partial charge < -0.3 is 15.2 Å². The molecule has 2 N–H and O–H groups in total. The molecule has 0 atom stereocenters. The van der Waals surface area contributed by atoms with Crippen molar-refractivity contribution < 1.29 is 9.59 Å². The van der Waals surface area contributed by atoms with E-state index in [0.717, 1.165) is 4.47 Å². The van der Waals surface area contributed by atoms with Gasteiger partial charge in [-0.15, -0.1) is 0 Å². The van der Waals surface area contributed by atoms with E-state index in [-0.39, 0.29) is 24.3 Å². The summed E-state index contributed by atoms with van der Waals surface area (Å²) < 4.78 is 2.76. The zero-order valence-corrected chi connectivity index (χ0v) is 12.4. The predicted octanol–water partition coefficient (Wildman–Crippen LogP) is 1.70. The number of hydrogen-bond acceptors (Lipinski definition) is 2. The summed E-state index contributed by atoms with van der Waals surface area (Å²) >= 11 is 3.36. The van der Waals surface area contributed by atoms with E-state index in [1.807, 2.05) is 24.6 Å². The van der Waals surface area contributed by atoms with Crippen molar-refractivity contribution in [2.45, 2.75) is 26.3 Å². The third-order valence-corrected chi connectivity index (χ3v) is 2.95. The topological polar surface area (TPSA) is 63.1 Å². The van der Waals surface area contributed by atoms with Gasteiger partial charge in [0.15, 0.2) is 0 Å². The van der Waals surface area contributed by atoms with E-state index in [4.69, 9.17) is 0 Å². The number of hydrogen-bond donors (Lipinski definition) is 2. The second kappa shape index (κ2) is 6.58. The van der Waals surface area contributed by atoms with Gasteiger partial charge in [-0.2, -0.15) is 0 Å². The van der Waals surface area contributed by atoms with Crippen LogP contribution in [0.3, 0.4) is 0 Å². The molecule has 1 rings (SSSR count). The SMILES string of the molecule is CNC(=O)CCNC(=O)c1cc(Br)cn1C(C)C. The summed E-state index contributed by atoms with van der Waals surface area (Å²) in [6.07, 6.45) is 2.16. The van der Waals surface area contributed by atoms with Crippen LogP contribution in [-0.2, 0) is 4.79 Å². The van der Waals surface area contributed by atoms with Crippen LogP contribution in [-0.4, -0.2) is 30.0 Å². The summed E-state index contributed by atoms with van der Waals surface area (Å²) in [6, 6.07) is 1.98. The Morgan fingerprint density at radius 3 is 2.67 bits per heavy atom. The van der Waals surface area contributed by atoms with Crippen LogP contribution in [0.4, 0.5) is 0 Å². The van der Waals surface area contributed by atoms with Crippen LogP contribution in [0.15, 0.2) is 16.7 Å². The molecule has 0 saturated carbocycles. The summed E-state index contributed by atoms with van der Waals surface area (Å²) in [5.74, 6) is -0.256. The summed E-state index contributed by atoms with van der Waals surface area (Å²) in [4.78, 5) is 23.0. The molecular formula is C12H18BrN3O2. The lowest BCUT2D eigenvalue weighted by atomic mass is 10.3. The molecule has 1 heterocycles. The monoisotopic (exact) mass is 315 g/mol. The minimum atomic E-state index is -0.168. The third kappa shape index (κ3) is 3.87. The maximum absolute atomic E-state index is 12.0. The van der Waals surface area contributed by atoms with E-state index in [1.165, 1.54) is 0 Å². The number of amides is 2. The number of carbonyl (C=O) groups excluding carboxylic acids is 2. The molecule has 5 nitrogen and oxygen atoms in total. The quantitative estimate of drug-likeness (QED) is 0.868. The average Bonchev–Trinajstić information content (AvgIpc) is 2.71. The molecule has 0 unspecified atom stereocenters. The van der Waals surface area contributed by atoms with Gasteiger partial charge >= 0.3 is 0 Å². The standard InChI is InChI=1S/C12H18BrN3O2/c1-8(2)16-7-9(13)6-10(16)12(18)15-5-4-11(17)14-3/h6-8H,4-5H2,1-3H3,(H,14,17)(H,15,18). The lowest BCUT2D eigenvalue weighted by Gasteiger charge is -2.12. The van der Waals surface area contributed by atoms with Crippen LogP contribution in [0, 0.1) is 0 Å². The Bertz CT molecular complexity index is 441. The molecule has 0 saturated heterocycles. The number of nitrogens with one attached hydrogen (secondary N) is 2.